The molecule has 0 bridgehead atoms. The molecule has 4 nitrogen and oxygen atoms in total. The second-order valence-electron chi connectivity index (χ2n) is 4.37. The van der Waals surface area contributed by atoms with Crippen molar-refractivity contribution in [2.75, 3.05) is 13.7 Å². The Labute approximate surface area is 113 Å². The molecule has 1 aromatic carbocycles. The summed E-state index contributed by atoms with van der Waals surface area (Å²) >= 11 is 0. The minimum absolute atomic E-state index is 0.198. The van der Waals surface area contributed by atoms with E-state index in [0.29, 0.717) is 0 Å². The summed E-state index contributed by atoms with van der Waals surface area (Å²) in [5.41, 5.74) is 2.17. The van der Waals surface area contributed by atoms with Gasteiger partial charge in [0.1, 0.15) is 5.75 Å². The molecule has 0 aliphatic heterocycles. The number of ether oxygens (including phenoxy) is 1. The second kappa shape index (κ2) is 6.85. The number of rotatable bonds is 6. The van der Waals surface area contributed by atoms with E-state index in [2.05, 4.69) is 28.3 Å². The van der Waals surface area contributed by atoms with Crippen LogP contribution in [0.15, 0.2) is 42.9 Å². The summed E-state index contributed by atoms with van der Waals surface area (Å²) in [5.74, 6) is 0.941. The molecule has 0 amide bonds. The highest BCUT2D eigenvalue weighted by Crippen LogP contribution is 2.17. The predicted molar refractivity (Wildman–Crippen MR) is 75.1 cm³/mol. The van der Waals surface area contributed by atoms with Crippen LogP contribution in [0.25, 0.3) is 0 Å². The first-order chi connectivity index (χ1) is 9.31. The van der Waals surface area contributed by atoms with Gasteiger partial charge in [-0.05, 0) is 31.5 Å². The van der Waals surface area contributed by atoms with Crippen molar-refractivity contribution < 1.29 is 4.74 Å². The number of para-hydroxylation sites is 1. The third-order valence-electron chi connectivity index (χ3n) is 3.06. The Kier molecular flexibility index (Phi) is 4.86. The van der Waals surface area contributed by atoms with Gasteiger partial charge in [0, 0.05) is 24.6 Å². The van der Waals surface area contributed by atoms with Crippen LogP contribution in [0.5, 0.6) is 5.75 Å². The highest BCUT2D eigenvalue weighted by atomic mass is 16.5. The van der Waals surface area contributed by atoms with Crippen LogP contribution in [0.1, 0.15) is 24.2 Å². The van der Waals surface area contributed by atoms with Gasteiger partial charge in [-0.25, -0.2) is 0 Å². The topological polar surface area (TPSA) is 47.0 Å². The fourth-order valence-electron chi connectivity index (χ4n) is 1.97. The maximum Gasteiger partial charge on any atom is 0.122 e. The van der Waals surface area contributed by atoms with E-state index in [9.17, 15) is 0 Å². The lowest BCUT2D eigenvalue weighted by molar-refractivity contribution is 0.408. The van der Waals surface area contributed by atoms with Gasteiger partial charge in [0.25, 0.3) is 0 Å². The van der Waals surface area contributed by atoms with Crippen LogP contribution in [-0.2, 0) is 6.42 Å². The molecule has 0 saturated heterocycles. The quantitative estimate of drug-likeness (QED) is 0.863. The number of nitrogens with one attached hydrogen (secondary N) is 1. The molecule has 1 unspecified atom stereocenters. The zero-order valence-corrected chi connectivity index (χ0v) is 11.3. The number of benzene rings is 1. The molecule has 0 radical (unpaired) electrons. The molecule has 1 aromatic heterocycles. The number of methoxy groups -OCH3 is 1. The van der Waals surface area contributed by atoms with Crippen LogP contribution in [0.3, 0.4) is 0 Å². The standard InChI is InChI=1S/C15H19N3O/c1-12(14-11-16-9-10-18-14)17-8-7-13-5-3-4-6-15(13)19-2/h3-6,9-12,17H,7-8H2,1-2H3. The summed E-state index contributed by atoms with van der Waals surface area (Å²) in [6.07, 6.45) is 6.12. The summed E-state index contributed by atoms with van der Waals surface area (Å²) in [6, 6.07) is 8.29. The Morgan fingerprint density at radius 1 is 1.26 bits per heavy atom. The normalized spacial score (nSPS) is 12.1. The van der Waals surface area contributed by atoms with Crippen molar-refractivity contribution >= 4 is 0 Å². The average Bonchev–Trinajstić information content (AvgIpc) is 2.48. The van der Waals surface area contributed by atoms with E-state index < -0.39 is 0 Å². The molecule has 4 heteroatoms. The zero-order chi connectivity index (χ0) is 13.5. The lowest BCUT2D eigenvalue weighted by atomic mass is 10.1. The van der Waals surface area contributed by atoms with Gasteiger partial charge < -0.3 is 10.1 Å². The van der Waals surface area contributed by atoms with Crippen LogP contribution in [0, 0.1) is 0 Å². The highest BCUT2D eigenvalue weighted by Gasteiger charge is 2.06. The Balaban J connectivity index is 1.87. The van der Waals surface area contributed by atoms with E-state index in [4.69, 9.17) is 4.74 Å². The lowest BCUT2D eigenvalue weighted by Crippen LogP contribution is -2.22. The molecule has 0 fully saturated rings. The highest BCUT2D eigenvalue weighted by molar-refractivity contribution is 5.33. The fraction of sp³-hybridized carbons (Fsp3) is 0.333. The van der Waals surface area contributed by atoms with E-state index in [1.54, 1.807) is 25.7 Å². The maximum atomic E-state index is 5.34. The van der Waals surface area contributed by atoms with Gasteiger partial charge >= 0.3 is 0 Å². The van der Waals surface area contributed by atoms with Crippen molar-refractivity contribution in [3.8, 4) is 5.75 Å². The van der Waals surface area contributed by atoms with Gasteiger partial charge in [0.2, 0.25) is 0 Å². The van der Waals surface area contributed by atoms with Gasteiger partial charge in [0.05, 0.1) is 12.8 Å². The van der Waals surface area contributed by atoms with E-state index in [-0.39, 0.29) is 6.04 Å². The summed E-state index contributed by atoms with van der Waals surface area (Å²) in [6.45, 7) is 2.96. The molecule has 1 N–H and O–H groups in total. The molecule has 1 atom stereocenters. The molecular formula is C15H19N3O. The fourth-order valence-corrected chi connectivity index (χ4v) is 1.97. The van der Waals surface area contributed by atoms with Crippen molar-refractivity contribution in [3.63, 3.8) is 0 Å². The number of aromatic nitrogens is 2. The third kappa shape index (κ3) is 3.76. The number of nitrogens with zero attached hydrogens (tertiary/aromatic N) is 2. The summed E-state index contributed by atoms with van der Waals surface area (Å²) in [5, 5.41) is 3.44. The van der Waals surface area contributed by atoms with E-state index >= 15 is 0 Å². The Morgan fingerprint density at radius 2 is 2.11 bits per heavy atom. The molecule has 2 rings (SSSR count). The van der Waals surface area contributed by atoms with Gasteiger partial charge in [-0.2, -0.15) is 0 Å². The summed E-state index contributed by atoms with van der Waals surface area (Å²) in [7, 11) is 1.70. The Hall–Kier alpha value is -1.94. The predicted octanol–water partition coefficient (Wildman–Crippen LogP) is 2.38. The second-order valence-corrected chi connectivity index (χ2v) is 4.37. The van der Waals surface area contributed by atoms with Crippen LogP contribution in [0.2, 0.25) is 0 Å². The molecule has 0 aliphatic rings. The van der Waals surface area contributed by atoms with Crippen LogP contribution in [-0.4, -0.2) is 23.6 Å². The maximum absolute atomic E-state index is 5.34. The Bertz CT molecular complexity index is 502. The molecule has 0 aliphatic carbocycles. The van der Waals surface area contributed by atoms with Crippen molar-refractivity contribution in [2.45, 2.75) is 19.4 Å². The monoisotopic (exact) mass is 257 g/mol. The van der Waals surface area contributed by atoms with Crippen LogP contribution >= 0.6 is 0 Å². The van der Waals surface area contributed by atoms with Gasteiger partial charge in [-0.15, -0.1) is 0 Å². The number of hydrogen-bond donors (Lipinski definition) is 1. The van der Waals surface area contributed by atoms with Crippen molar-refractivity contribution in [2.24, 2.45) is 0 Å². The smallest absolute Gasteiger partial charge is 0.122 e. The number of hydrogen-bond acceptors (Lipinski definition) is 4. The molecule has 0 spiro atoms. The van der Waals surface area contributed by atoms with Gasteiger partial charge in [-0.1, -0.05) is 18.2 Å². The van der Waals surface area contributed by atoms with Gasteiger partial charge in [-0.3, -0.25) is 9.97 Å². The van der Waals surface area contributed by atoms with Gasteiger partial charge in [0.15, 0.2) is 0 Å². The zero-order valence-electron chi connectivity index (χ0n) is 11.3. The van der Waals surface area contributed by atoms with Crippen molar-refractivity contribution in [1.82, 2.24) is 15.3 Å². The average molecular weight is 257 g/mol. The SMILES string of the molecule is COc1ccccc1CCNC(C)c1cnccn1. The van der Waals surface area contributed by atoms with E-state index in [1.807, 2.05) is 18.2 Å². The van der Waals surface area contributed by atoms with Crippen LogP contribution in [0.4, 0.5) is 0 Å². The first kappa shape index (κ1) is 13.5. The molecule has 0 saturated carbocycles. The van der Waals surface area contributed by atoms with E-state index in [1.165, 1.54) is 5.56 Å². The summed E-state index contributed by atoms with van der Waals surface area (Å²) < 4.78 is 5.34. The minimum atomic E-state index is 0.198. The van der Waals surface area contributed by atoms with Crippen LogP contribution < -0.4 is 10.1 Å². The Morgan fingerprint density at radius 3 is 2.84 bits per heavy atom. The third-order valence-corrected chi connectivity index (χ3v) is 3.06. The minimum Gasteiger partial charge on any atom is -0.496 e. The molecule has 1 heterocycles. The first-order valence-electron chi connectivity index (χ1n) is 6.42. The molecular weight excluding hydrogens is 238 g/mol. The first-order valence-corrected chi connectivity index (χ1v) is 6.42. The molecule has 19 heavy (non-hydrogen) atoms. The van der Waals surface area contributed by atoms with Crippen molar-refractivity contribution in [1.29, 1.82) is 0 Å². The van der Waals surface area contributed by atoms with E-state index in [0.717, 1.165) is 24.4 Å². The largest absolute Gasteiger partial charge is 0.496 e. The summed E-state index contributed by atoms with van der Waals surface area (Å²) in [4.78, 5) is 8.37. The molecule has 2 aromatic rings. The molecule has 100 valence electrons. The lowest BCUT2D eigenvalue weighted by Gasteiger charge is -2.13. The van der Waals surface area contributed by atoms with Crippen molar-refractivity contribution in [3.05, 3.63) is 54.1 Å².